The van der Waals surface area contributed by atoms with Gasteiger partial charge in [0.15, 0.2) is 17.9 Å². The van der Waals surface area contributed by atoms with Crippen LogP contribution >= 0.6 is 0 Å². The molecule has 0 atom stereocenters. The highest BCUT2D eigenvalue weighted by molar-refractivity contribution is 7.89. The van der Waals surface area contributed by atoms with Crippen molar-refractivity contribution >= 4 is 38.6 Å². The lowest BCUT2D eigenvalue weighted by Crippen LogP contribution is -2.40. The second-order valence-electron chi connectivity index (χ2n) is 7.49. The van der Waals surface area contributed by atoms with Gasteiger partial charge in [0.25, 0.3) is 5.91 Å². The molecular formula is C23H22N2O9S. The van der Waals surface area contributed by atoms with Gasteiger partial charge in [-0.2, -0.15) is 4.31 Å². The van der Waals surface area contributed by atoms with Gasteiger partial charge in [-0.3, -0.25) is 4.79 Å². The Balaban J connectivity index is 1.42. The van der Waals surface area contributed by atoms with Gasteiger partial charge in [-0.1, -0.05) is 18.2 Å². The maximum atomic E-state index is 12.8. The summed E-state index contributed by atoms with van der Waals surface area (Å²) < 4.78 is 47.4. The van der Waals surface area contributed by atoms with Crippen molar-refractivity contribution in [2.24, 2.45) is 0 Å². The molecule has 0 bridgehead atoms. The van der Waals surface area contributed by atoms with E-state index in [-0.39, 0.29) is 34.8 Å². The third-order valence-electron chi connectivity index (χ3n) is 5.22. The third-order valence-corrected chi connectivity index (χ3v) is 7.12. The maximum Gasteiger partial charge on any atom is 0.351 e. The first-order valence-corrected chi connectivity index (χ1v) is 12.0. The number of benzene rings is 2. The summed E-state index contributed by atoms with van der Waals surface area (Å²) in [7, 11) is -2.33. The van der Waals surface area contributed by atoms with Crippen molar-refractivity contribution in [1.82, 2.24) is 4.31 Å². The van der Waals surface area contributed by atoms with Crippen molar-refractivity contribution in [2.45, 2.75) is 4.90 Å². The zero-order valence-electron chi connectivity index (χ0n) is 18.7. The second kappa shape index (κ2) is 10.3. The van der Waals surface area contributed by atoms with Gasteiger partial charge in [0.2, 0.25) is 10.0 Å². The molecule has 1 aromatic heterocycles. The first-order valence-electron chi connectivity index (χ1n) is 10.6. The Kier molecular flexibility index (Phi) is 7.15. The van der Waals surface area contributed by atoms with Crippen molar-refractivity contribution in [3.8, 4) is 5.75 Å². The molecule has 1 aliphatic rings. The fraction of sp³-hybridized carbons (Fsp3) is 0.261. The Morgan fingerprint density at radius 3 is 2.57 bits per heavy atom. The average molecular weight is 503 g/mol. The molecule has 2 heterocycles. The van der Waals surface area contributed by atoms with Crippen molar-refractivity contribution in [2.75, 3.05) is 45.3 Å². The largest absolute Gasteiger partial charge is 0.493 e. The predicted molar refractivity (Wildman–Crippen MR) is 124 cm³/mol. The maximum absolute atomic E-state index is 12.8. The van der Waals surface area contributed by atoms with Gasteiger partial charge >= 0.3 is 11.6 Å². The highest BCUT2D eigenvalue weighted by atomic mass is 32.2. The monoisotopic (exact) mass is 502 g/mol. The number of anilines is 1. The molecule has 184 valence electrons. The number of carbonyl (C=O) groups is 2. The van der Waals surface area contributed by atoms with E-state index in [1.165, 1.54) is 41.7 Å². The number of nitrogens with one attached hydrogen (secondary N) is 1. The molecule has 1 aliphatic heterocycles. The fourth-order valence-electron chi connectivity index (χ4n) is 3.50. The SMILES string of the molecule is COc1cccc2cc(C(=O)OCC(=O)Nc3cccc(S(=O)(=O)N4CCOCC4)c3)c(=O)oc12. The summed E-state index contributed by atoms with van der Waals surface area (Å²) in [6.45, 7) is 0.401. The fourth-order valence-corrected chi connectivity index (χ4v) is 4.95. The molecule has 0 aliphatic carbocycles. The first-order chi connectivity index (χ1) is 16.8. The minimum Gasteiger partial charge on any atom is -0.493 e. The molecule has 1 saturated heterocycles. The molecule has 0 spiro atoms. The third kappa shape index (κ3) is 5.34. The first kappa shape index (κ1) is 24.4. The number of sulfonamides is 1. The number of ether oxygens (including phenoxy) is 3. The molecule has 4 rings (SSSR count). The van der Waals surface area contributed by atoms with E-state index in [1.807, 2.05) is 0 Å². The summed E-state index contributed by atoms with van der Waals surface area (Å²) in [4.78, 5) is 37.0. The van der Waals surface area contributed by atoms with Crippen LogP contribution in [0.3, 0.4) is 0 Å². The molecule has 35 heavy (non-hydrogen) atoms. The standard InChI is InChI=1S/C23H22N2O9S/c1-31-19-7-2-4-15-12-18(23(28)34-21(15)19)22(27)33-14-20(26)24-16-5-3-6-17(13-16)35(29,30)25-8-10-32-11-9-25/h2-7,12-13H,8-11,14H2,1H3,(H,24,26). The number of nitrogens with zero attached hydrogens (tertiary/aromatic N) is 1. The molecule has 1 fully saturated rings. The Morgan fingerprint density at radius 2 is 1.83 bits per heavy atom. The van der Waals surface area contributed by atoms with Crippen molar-refractivity contribution in [3.63, 3.8) is 0 Å². The molecular weight excluding hydrogens is 480 g/mol. The van der Waals surface area contributed by atoms with Gasteiger partial charge < -0.3 is 23.9 Å². The normalized spacial score (nSPS) is 14.4. The minimum absolute atomic E-state index is 0.0124. The van der Waals surface area contributed by atoms with Crippen LogP contribution < -0.4 is 15.7 Å². The number of amides is 1. The Bertz CT molecular complexity index is 1430. The molecule has 0 radical (unpaired) electrons. The topological polar surface area (TPSA) is 141 Å². The summed E-state index contributed by atoms with van der Waals surface area (Å²) in [6, 6.07) is 11.9. The van der Waals surface area contributed by atoms with Gasteiger partial charge in [0, 0.05) is 24.2 Å². The van der Waals surface area contributed by atoms with Crippen LogP contribution in [0.25, 0.3) is 11.0 Å². The predicted octanol–water partition coefficient (Wildman–Crippen LogP) is 1.62. The number of carbonyl (C=O) groups excluding carboxylic acids is 2. The Morgan fingerprint density at radius 1 is 1.09 bits per heavy atom. The summed E-state index contributed by atoms with van der Waals surface area (Å²) in [6.07, 6.45) is 0. The van der Waals surface area contributed by atoms with E-state index < -0.39 is 34.1 Å². The number of hydrogen-bond acceptors (Lipinski definition) is 9. The van der Waals surface area contributed by atoms with E-state index in [0.29, 0.717) is 24.3 Å². The van der Waals surface area contributed by atoms with Crippen LogP contribution in [0.15, 0.2) is 62.6 Å². The summed E-state index contributed by atoms with van der Waals surface area (Å²) in [5.74, 6) is -1.43. The Labute approximate surface area is 200 Å². The molecule has 1 N–H and O–H groups in total. The smallest absolute Gasteiger partial charge is 0.351 e. The number of hydrogen-bond donors (Lipinski definition) is 1. The molecule has 2 aromatic carbocycles. The van der Waals surface area contributed by atoms with E-state index >= 15 is 0 Å². The Hall–Kier alpha value is -3.74. The minimum atomic E-state index is -3.75. The van der Waals surface area contributed by atoms with E-state index in [9.17, 15) is 22.8 Å². The average Bonchev–Trinajstić information content (AvgIpc) is 2.87. The van der Waals surface area contributed by atoms with E-state index in [1.54, 1.807) is 18.2 Å². The van der Waals surface area contributed by atoms with Gasteiger partial charge in [-0.25, -0.2) is 18.0 Å². The molecule has 0 saturated carbocycles. The number of morpholine rings is 1. The van der Waals surface area contributed by atoms with Crippen LogP contribution in [0.5, 0.6) is 5.75 Å². The molecule has 0 unspecified atom stereocenters. The lowest BCUT2D eigenvalue weighted by Gasteiger charge is -2.26. The van der Waals surface area contributed by atoms with Gasteiger partial charge in [0.05, 0.1) is 25.2 Å². The van der Waals surface area contributed by atoms with E-state index in [4.69, 9.17) is 18.6 Å². The number of para-hydroxylation sites is 1. The molecule has 1 amide bonds. The van der Waals surface area contributed by atoms with Crippen LogP contribution in [-0.2, 0) is 24.3 Å². The zero-order valence-corrected chi connectivity index (χ0v) is 19.5. The van der Waals surface area contributed by atoms with Crippen LogP contribution in [-0.4, -0.2) is 64.6 Å². The van der Waals surface area contributed by atoms with Gasteiger partial charge in [-0.05, 0) is 30.3 Å². The molecule has 11 nitrogen and oxygen atoms in total. The van der Waals surface area contributed by atoms with Crippen LogP contribution in [0.1, 0.15) is 10.4 Å². The lowest BCUT2D eigenvalue weighted by molar-refractivity contribution is -0.119. The van der Waals surface area contributed by atoms with E-state index in [0.717, 1.165) is 0 Å². The lowest BCUT2D eigenvalue weighted by atomic mass is 10.2. The van der Waals surface area contributed by atoms with Crippen LogP contribution in [0.2, 0.25) is 0 Å². The van der Waals surface area contributed by atoms with Crippen molar-refractivity contribution < 1.29 is 36.6 Å². The number of fused-ring (bicyclic) bond motifs is 1. The second-order valence-corrected chi connectivity index (χ2v) is 9.43. The van der Waals surface area contributed by atoms with E-state index in [2.05, 4.69) is 5.32 Å². The number of rotatable bonds is 7. The molecule has 3 aromatic rings. The number of methoxy groups -OCH3 is 1. The summed E-state index contributed by atoms with van der Waals surface area (Å²) in [5.41, 5.74) is -0.926. The van der Waals surface area contributed by atoms with Crippen LogP contribution in [0.4, 0.5) is 5.69 Å². The van der Waals surface area contributed by atoms with Crippen molar-refractivity contribution in [1.29, 1.82) is 0 Å². The van der Waals surface area contributed by atoms with Crippen molar-refractivity contribution in [3.05, 3.63) is 64.5 Å². The highest BCUT2D eigenvalue weighted by Gasteiger charge is 2.26. The summed E-state index contributed by atoms with van der Waals surface area (Å²) >= 11 is 0. The van der Waals surface area contributed by atoms with Gasteiger partial charge in [-0.15, -0.1) is 0 Å². The zero-order chi connectivity index (χ0) is 25.0. The molecule has 12 heteroatoms. The quantitative estimate of drug-likeness (QED) is 0.377. The summed E-state index contributed by atoms with van der Waals surface area (Å²) in [5, 5.41) is 2.92. The number of esters is 1. The van der Waals surface area contributed by atoms with Gasteiger partial charge in [0.1, 0.15) is 5.56 Å². The highest BCUT2D eigenvalue weighted by Crippen LogP contribution is 2.24. The van der Waals surface area contributed by atoms with Crippen LogP contribution in [0, 0.1) is 0 Å².